The SMILES string of the molecule is C[C@H]1CN(C(=O)c2nc3ncccn3n2)Cc2nnc(-c3ccccc3)n21. The van der Waals surface area contributed by atoms with Crippen LogP contribution in [0.4, 0.5) is 0 Å². The van der Waals surface area contributed by atoms with Crippen molar-refractivity contribution >= 4 is 11.7 Å². The van der Waals surface area contributed by atoms with E-state index >= 15 is 0 Å². The Bertz CT molecular complexity index is 1100. The van der Waals surface area contributed by atoms with Gasteiger partial charge in [-0.2, -0.15) is 4.98 Å². The van der Waals surface area contributed by atoms with Crippen LogP contribution >= 0.6 is 0 Å². The number of carbonyl (C=O) groups is 1. The van der Waals surface area contributed by atoms with E-state index in [2.05, 4.69) is 36.8 Å². The van der Waals surface area contributed by atoms with E-state index < -0.39 is 0 Å². The summed E-state index contributed by atoms with van der Waals surface area (Å²) >= 11 is 0. The van der Waals surface area contributed by atoms with Crippen molar-refractivity contribution in [3.63, 3.8) is 0 Å². The lowest BCUT2D eigenvalue weighted by Crippen LogP contribution is -2.41. The third-order valence-electron chi connectivity index (χ3n) is 4.65. The third-order valence-corrected chi connectivity index (χ3v) is 4.65. The topological polar surface area (TPSA) is 94.1 Å². The molecule has 0 unspecified atom stereocenters. The van der Waals surface area contributed by atoms with E-state index in [1.54, 1.807) is 23.4 Å². The van der Waals surface area contributed by atoms with Crippen LogP contribution in [0.15, 0.2) is 48.8 Å². The largest absolute Gasteiger partial charge is 0.326 e. The molecule has 9 heteroatoms. The number of carbonyl (C=O) groups excluding carboxylic acids is 1. The highest BCUT2D eigenvalue weighted by atomic mass is 16.2. The zero-order chi connectivity index (χ0) is 18.4. The molecule has 5 rings (SSSR count). The maximum atomic E-state index is 12.9. The molecule has 0 radical (unpaired) electrons. The zero-order valence-electron chi connectivity index (χ0n) is 14.6. The molecular formula is C18H16N8O. The molecule has 0 saturated heterocycles. The number of hydrogen-bond acceptors (Lipinski definition) is 6. The fraction of sp³-hybridized carbons (Fsp3) is 0.222. The van der Waals surface area contributed by atoms with Crippen molar-refractivity contribution in [1.29, 1.82) is 0 Å². The smallest absolute Gasteiger partial charge is 0.294 e. The fourth-order valence-electron chi connectivity index (χ4n) is 3.43. The molecule has 0 fully saturated rings. The molecule has 0 N–H and O–H groups in total. The second kappa shape index (κ2) is 5.97. The summed E-state index contributed by atoms with van der Waals surface area (Å²) in [6.07, 6.45) is 3.34. The summed E-state index contributed by atoms with van der Waals surface area (Å²) in [5, 5.41) is 12.9. The van der Waals surface area contributed by atoms with Crippen LogP contribution in [-0.2, 0) is 6.54 Å². The van der Waals surface area contributed by atoms with Gasteiger partial charge in [-0.05, 0) is 13.0 Å². The van der Waals surface area contributed by atoms with Crippen LogP contribution in [0, 0.1) is 0 Å². The molecule has 27 heavy (non-hydrogen) atoms. The first-order valence-corrected chi connectivity index (χ1v) is 8.66. The Morgan fingerprint density at radius 3 is 2.81 bits per heavy atom. The standard InChI is InChI=1S/C18H16N8O/c1-12-10-24(17(27)15-20-18-19-8-5-9-25(18)23-15)11-14-21-22-16(26(12)14)13-6-3-2-4-7-13/h2-9,12H,10-11H2,1H3/t12-/m0/s1. The maximum absolute atomic E-state index is 12.9. The van der Waals surface area contributed by atoms with Gasteiger partial charge in [-0.25, -0.2) is 9.50 Å². The normalized spacial score (nSPS) is 16.5. The monoisotopic (exact) mass is 360 g/mol. The summed E-state index contributed by atoms with van der Waals surface area (Å²) in [6.45, 7) is 2.95. The maximum Gasteiger partial charge on any atom is 0.294 e. The van der Waals surface area contributed by atoms with Crippen molar-refractivity contribution in [3.05, 3.63) is 60.4 Å². The molecule has 1 atom stereocenters. The molecule has 0 bridgehead atoms. The molecule has 0 saturated carbocycles. The van der Waals surface area contributed by atoms with Gasteiger partial charge in [-0.1, -0.05) is 30.3 Å². The Balaban J connectivity index is 1.46. The van der Waals surface area contributed by atoms with Gasteiger partial charge in [0.05, 0.1) is 12.6 Å². The van der Waals surface area contributed by atoms with Crippen LogP contribution in [0.2, 0.25) is 0 Å². The van der Waals surface area contributed by atoms with Crippen LogP contribution in [0.1, 0.15) is 29.4 Å². The van der Waals surface area contributed by atoms with Gasteiger partial charge in [0.25, 0.3) is 11.7 Å². The van der Waals surface area contributed by atoms with Gasteiger partial charge in [-0.3, -0.25) is 4.79 Å². The molecule has 1 aromatic carbocycles. The Labute approximate surface area is 154 Å². The van der Waals surface area contributed by atoms with E-state index in [-0.39, 0.29) is 17.8 Å². The Morgan fingerprint density at radius 1 is 1.15 bits per heavy atom. The Hall–Kier alpha value is -3.62. The van der Waals surface area contributed by atoms with Crippen molar-refractivity contribution < 1.29 is 4.79 Å². The number of rotatable bonds is 2. The molecule has 9 nitrogen and oxygen atoms in total. The van der Waals surface area contributed by atoms with Crippen LogP contribution < -0.4 is 0 Å². The molecule has 4 aromatic rings. The van der Waals surface area contributed by atoms with Gasteiger partial charge in [0.15, 0.2) is 11.6 Å². The molecule has 1 aliphatic rings. The van der Waals surface area contributed by atoms with E-state index in [4.69, 9.17) is 0 Å². The average Bonchev–Trinajstić information content (AvgIpc) is 3.32. The minimum Gasteiger partial charge on any atom is -0.326 e. The quantitative estimate of drug-likeness (QED) is 0.539. The number of benzene rings is 1. The van der Waals surface area contributed by atoms with Gasteiger partial charge in [0, 0.05) is 24.5 Å². The molecular weight excluding hydrogens is 344 g/mol. The van der Waals surface area contributed by atoms with Crippen molar-refractivity contribution in [2.24, 2.45) is 0 Å². The lowest BCUT2D eigenvalue weighted by atomic mass is 10.1. The van der Waals surface area contributed by atoms with E-state index in [1.165, 1.54) is 4.52 Å². The second-order valence-corrected chi connectivity index (χ2v) is 6.51. The highest BCUT2D eigenvalue weighted by Gasteiger charge is 2.31. The first kappa shape index (κ1) is 15.6. The number of nitrogens with zero attached hydrogens (tertiary/aromatic N) is 8. The average molecular weight is 360 g/mol. The van der Waals surface area contributed by atoms with Crippen molar-refractivity contribution in [2.75, 3.05) is 6.54 Å². The van der Waals surface area contributed by atoms with Gasteiger partial charge in [0.2, 0.25) is 5.82 Å². The third kappa shape index (κ3) is 2.55. The summed E-state index contributed by atoms with van der Waals surface area (Å²) < 4.78 is 3.59. The van der Waals surface area contributed by atoms with Gasteiger partial charge < -0.3 is 9.47 Å². The number of hydrogen-bond donors (Lipinski definition) is 0. The first-order valence-electron chi connectivity index (χ1n) is 8.66. The first-order chi connectivity index (χ1) is 13.2. The molecule has 4 heterocycles. The van der Waals surface area contributed by atoms with E-state index in [0.717, 1.165) is 17.2 Å². The zero-order valence-corrected chi connectivity index (χ0v) is 14.6. The lowest BCUT2D eigenvalue weighted by Gasteiger charge is -2.31. The lowest BCUT2D eigenvalue weighted by molar-refractivity contribution is 0.0670. The van der Waals surface area contributed by atoms with Crippen molar-refractivity contribution in [1.82, 2.24) is 39.2 Å². The van der Waals surface area contributed by atoms with Gasteiger partial charge in [0.1, 0.15) is 0 Å². The molecule has 1 aliphatic heterocycles. The summed E-state index contributed by atoms with van der Waals surface area (Å²) in [6, 6.07) is 11.7. The summed E-state index contributed by atoms with van der Waals surface area (Å²) in [7, 11) is 0. The predicted molar refractivity (Wildman–Crippen MR) is 95.7 cm³/mol. The highest BCUT2D eigenvalue weighted by molar-refractivity contribution is 5.91. The van der Waals surface area contributed by atoms with E-state index in [0.29, 0.717) is 18.9 Å². The van der Waals surface area contributed by atoms with Crippen LogP contribution in [-0.4, -0.2) is 51.7 Å². The molecule has 1 amide bonds. The fourth-order valence-corrected chi connectivity index (χ4v) is 3.43. The molecule has 134 valence electrons. The van der Waals surface area contributed by atoms with E-state index in [1.807, 2.05) is 30.3 Å². The Kier molecular flexibility index (Phi) is 3.46. The van der Waals surface area contributed by atoms with Gasteiger partial charge >= 0.3 is 0 Å². The second-order valence-electron chi connectivity index (χ2n) is 6.51. The van der Waals surface area contributed by atoms with Crippen LogP contribution in [0.3, 0.4) is 0 Å². The summed E-state index contributed by atoms with van der Waals surface area (Å²) in [5.74, 6) is 1.88. The van der Waals surface area contributed by atoms with Crippen molar-refractivity contribution in [2.45, 2.75) is 19.5 Å². The Morgan fingerprint density at radius 2 is 2.00 bits per heavy atom. The minimum absolute atomic E-state index is 0.0399. The van der Waals surface area contributed by atoms with Crippen LogP contribution in [0.25, 0.3) is 17.2 Å². The van der Waals surface area contributed by atoms with Gasteiger partial charge in [-0.15, -0.1) is 15.3 Å². The number of aromatic nitrogens is 7. The summed E-state index contributed by atoms with van der Waals surface area (Å²) in [4.78, 5) is 22.9. The molecule has 0 spiro atoms. The minimum atomic E-state index is -0.233. The highest BCUT2D eigenvalue weighted by Crippen LogP contribution is 2.27. The van der Waals surface area contributed by atoms with E-state index in [9.17, 15) is 4.79 Å². The molecule has 3 aromatic heterocycles. The number of fused-ring (bicyclic) bond motifs is 2. The summed E-state index contributed by atoms with van der Waals surface area (Å²) in [5.41, 5.74) is 1.01. The molecule has 0 aliphatic carbocycles. The van der Waals surface area contributed by atoms with Crippen molar-refractivity contribution in [3.8, 4) is 11.4 Å². The predicted octanol–water partition coefficient (Wildman–Crippen LogP) is 1.60. The number of amides is 1. The van der Waals surface area contributed by atoms with Crippen LogP contribution in [0.5, 0.6) is 0 Å².